The van der Waals surface area contributed by atoms with Gasteiger partial charge in [0.05, 0.1) is 18.9 Å². The van der Waals surface area contributed by atoms with Crippen LogP contribution in [0.3, 0.4) is 0 Å². The third-order valence-electron chi connectivity index (χ3n) is 2.70. The molecule has 0 aliphatic heterocycles. The number of methoxy groups -OCH3 is 1. The van der Waals surface area contributed by atoms with Gasteiger partial charge < -0.3 is 9.30 Å². The van der Waals surface area contributed by atoms with Crippen molar-refractivity contribution in [2.75, 3.05) is 7.11 Å². The van der Waals surface area contributed by atoms with Crippen molar-refractivity contribution >= 4 is 44.7 Å². The highest BCUT2D eigenvalue weighted by molar-refractivity contribution is 9.10. The number of halogens is 2. The van der Waals surface area contributed by atoms with E-state index in [1.165, 1.54) is 7.11 Å². The van der Waals surface area contributed by atoms with Crippen LogP contribution in [0.1, 0.15) is 24.5 Å². The zero-order valence-corrected chi connectivity index (χ0v) is 12.9. The molecule has 0 aliphatic rings. The maximum absolute atomic E-state index is 11.3. The number of aryl methyl sites for hydroxylation is 1. The molecule has 7 heteroatoms. The number of esters is 1. The van der Waals surface area contributed by atoms with Crippen molar-refractivity contribution in [3.8, 4) is 0 Å². The standard InChI is InChI=1S/C12H13BrClN3O2/c1-7(14)11-16-9-5-8(13)6-15-12(9)17(11)4-3-10(18)19-2/h5-7H,3-4H2,1-2H3. The highest BCUT2D eigenvalue weighted by Crippen LogP contribution is 2.25. The van der Waals surface area contributed by atoms with Crippen molar-refractivity contribution in [2.45, 2.75) is 25.3 Å². The molecule has 0 radical (unpaired) electrons. The molecule has 0 aromatic carbocycles. The molecule has 19 heavy (non-hydrogen) atoms. The molecular weight excluding hydrogens is 334 g/mol. The van der Waals surface area contributed by atoms with E-state index in [1.54, 1.807) is 6.20 Å². The van der Waals surface area contributed by atoms with Crippen molar-refractivity contribution in [1.29, 1.82) is 0 Å². The van der Waals surface area contributed by atoms with Crippen LogP contribution in [0.15, 0.2) is 16.7 Å². The minimum absolute atomic E-state index is 0.259. The van der Waals surface area contributed by atoms with Crippen LogP contribution >= 0.6 is 27.5 Å². The van der Waals surface area contributed by atoms with Gasteiger partial charge in [-0.1, -0.05) is 0 Å². The maximum atomic E-state index is 11.3. The number of ether oxygens (including phenoxy) is 1. The van der Waals surface area contributed by atoms with Crippen molar-refractivity contribution in [3.63, 3.8) is 0 Å². The first-order valence-corrected chi connectivity index (χ1v) is 6.98. The summed E-state index contributed by atoms with van der Waals surface area (Å²) in [6.07, 6.45) is 1.96. The molecule has 102 valence electrons. The number of alkyl halides is 1. The van der Waals surface area contributed by atoms with Crippen LogP contribution in [0.4, 0.5) is 0 Å². The number of rotatable bonds is 4. The number of carbonyl (C=O) groups excluding carboxylic acids is 1. The van der Waals surface area contributed by atoms with E-state index in [2.05, 4.69) is 30.6 Å². The molecule has 2 aromatic heterocycles. The van der Waals surface area contributed by atoms with Crippen molar-refractivity contribution in [1.82, 2.24) is 14.5 Å². The molecule has 1 atom stereocenters. The van der Waals surface area contributed by atoms with Gasteiger partial charge in [-0.05, 0) is 28.9 Å². The van der Waals surface area contributed by atoms with Crippen LogP contribution < -0.4 is 0 Å². The number of hydrogen-bond acceptors (Lipinski definition) is 4. The summed E-state index contributed by atoms with van der Waals surface area (Å²) in [4.78, 5) is 20.1. The lowest BCUT2D eigenvalue weighted by molar-refractivity contribution is -0.140. The van der Waals surface area contributed by atoms with E-state index in [0.29, 0.717) is 12.4 Å². The molecule has 0 bridgehead atoms. The molecule has 2 rings (SSSR count). The summed E-state index contributed by atoms with van der Waals surface area (Å²) in [6, 6.07) is 1.87. The number of hydrogen-bond donors (Lipinski definition) is 0. The number of imidazole rings is 1. The van der Waals surface area contributed by atoms with E-state index in [1.807, 2.05) is 17.6 Å². The van der Waals surface area contributed by atoms with E-state index < -0.39 is 0 Å². The quantitative estimate of drug-likeness (QED) is 0.630. The molecule has 0 N–H and O–H groups in total. The number of carbonyl (C=O) groups is 1. The van der Waals surface area contributed by atoms with Gasteiger partial charge in [0.25, 0.3) is 0 Å². The Balaban J connectivity index is 2.43. The fraction of sp³-hybridized carbons (Fsp3) is 0.417. The second-order valence-electron chi connectivity index (χ2n) is 4.06. The number of fused-ring (bicyclic) bond motifs is 1. The summed E-state index contributed by atoms with van der Waals surface area (Å²) in [5.41, 5.74) is 1.47. The molecule has 5 nitrogen and oxygen atoms in total. The van der Waals surface area contributed by atoms with Crippen LogP contribution in [0.2, 0.25) is 0 Å². The molecule has 2 heterocycles. The van der Waals surface area contributed by atoms with Gasteiger partial charge in [-0.15, -0.1) is 11.6 Å². The van der Waals surface area contributed by atoms with Crippen LogP contribution in [-0.4, -0.2) is 27.6 Å². The molecule has 0 aliphatic carbocycles. The lowest BCUT2D eigenvalue weighted by atomic mass is 10.4. The Hall–Kier alpha value is -1.14. The van der Waals surface area contributed by atoms with Gasteiger partial charge in [-0.3, -0.25) is 4.79 Å². The monoisotopic (exact) mass is 345 g/mol. The third kappa shape index (κ3) is 3.06. The average Bonchev–Trinajstić information content (AvgIpc) is 2.73. The van der Waals surface area contributed by atoms with Crippen molar-refractivity contribution in [3.05, 3.63) is 22.6 Å². The van der Waals surface area contributed by atoms with Gasteiger partial charge in [0.15, 0.2) is 5.65 Å². The first kappa shape index (κ1) is 14.3. The Bertz CT molecular complexity index is 612. The maximum Gasteiger partial charge on any atom is 0.307 e. The van der Waals surface area contributed by atoms with Gasteiger partial charge in [0.1, 0.15) is 11.3 Å². The van der Waals surface area contributed by atoms with E-state index in [-0.39, 0.29) is 17.8 Å². The number of nitrogens with zero attached hydrogens (tertiary/aromatic N) is 3. The van der Waals surface area contributed by atoms with Gasteiger partial charge in [-0.25, -0.2) is 9.97 Å². The van der Waals surface area contributed by atoms with Gasteiger partial charge in [-0.2, -0.15) is 0 Å². The van der Waals surface area contributed by atoms with Crippen LogP contribution in [0, 0.1) is 0 Å². The zero-order chi connectivity index (χ0) is 14.0. The van der Waals surface area contributed by atoms with Gasteiger partial charge >= 0.3 is 5.97 Å². The third-order valence-corrected chi connectivity index (χ3v) is 3.33. The number of aromatic nitrogens is 3. The van der Waals surface area contributed by atoms with Crippen LogP contribution in [-0.2, 0) is 16.1 Å². The smallest absolute Gasteiger partial charge is 0.307 e. The summed E-state index contributed by atoms with van der Waals surface area (Å²) in [5, 5.41) is -0.259. The van der Waals surface area contributed by atoms with E-state index in [4.69, 9.17) is 11.6 Å². The highest BCUT2D eigenvalue weighted by Gasteiger charge is 2.17. The van der Waals surface area contributed by atoms with E-state index in [0.717, 1.165) is 15.6 Å². The Morgan fingerprint density at radius 3 is 3.00 bits per heavy atom. The van der Waals surface area contributed by atoms with Gasteiger partial charge in [0, 0.05) is 17.2 Å². The second kappa shape index (κ2) is 5.88. The minimum atomic E-state index is -0.271. The first-order chi connectivity index (χ1) is 9.02. The fourth-order valence-electron chi connectivity index (χ4n) is 1.83. The molecule has 0 spiro atoms. The summed E-state index contributed by atoms with van der Waals surface area (Å²) in [5.74, 6) is 0.429. The van der Waals surface area contributed by atoms with Crippen LogP contribution in [0.5, 0.6) is 0 Å². The fourth-order valence-corrected chi connectivity index (χ4v) is 2.32. The number of pyridine rings is 1. The molecule has 0 saturated carbocycles. The summed E-state index contributed by atoms with van der Waals surface area (Å²) >= 11 is 9.49. The highest BCUT2D eigenvalue weighted by atomic mass is 79.9. The van der Waals surface area contributed by atoms with E-state index in [9.17, 15) is 4.79 Å². The molecular formula is C12H13BrClN3O2. The predicted molar refractivity (Wildman–Crippen MR) is 76.1 cm³/mol. The summed E-state index contributed by atoms with van der Waals surface area (Å²) < 4.78 is 7.36. The zero-order valence-electron chi connectivity index (χ0n) is 10.6. The normalized spacial score (nSPS) is 12.6. The predicted octanol–water partition coefficient (Wildman–Crippen LogP) is 3.06. The SMILES string of the molecule is COC(=O)CCn1c(C(C)Cl)nc2cc(Br)cnc21. The molecule has 0 saturated heterocycles. The topological polar surface area (TPSA) is 57.0 Å². The average molecular weight is 347 g/mol. The Morgan fingerprint density at radius 1 is 1.63 bits per heavy atom. The first-order valence-electron chi connectivity index (χ1n) is 5.75. The lowest BCUT2D eigenvalue weighted by Crippen LogP contribution is -2.10. The second-order valence-corrected chi connectivity index (χ2v) is 5.63. The van der Waals surface area contributed by atoms with Crippen molar-refractivity contribution < 1.29 is 9.53 Å². The Morgan fingerprint density at radius 2 is 2.37 bits per heavy atom. The minimum Gasteiger partial charge on any atom is -0.469 e. The molecule has 1 unspecified atom stereocenters. The van der Waals surface area contributed by atoms with Gasteiger partial charge in [0.2, 0.25) is 0 Å². The summed E-state index contributed by atoms with van der Waals surface area (Å²) in [7, 11) is 1.37. The Kier molecular flexibility index (Phi) is 4.42. The molecule has 0 fully saturated rings. The largest absolute Gasteiger partial charge is 0.469 e. The molecule has 0 amide bonds. The molecule has 2 aromatic rings. The van der Waals surface area contributed by atoms with Crippen molar-refractivity contribution in [2.24, 2.45) is 0 Å². The van der Waals surface area contributed by atoms with E-state index >= 15 is 0 Å². The Labute approximate surface area is 124 Å². The summed E-state index contributed by atoms with van der Waals surface area (Å²) in [6.45, 7) is 2.29. The van der Waals surface area contributed by atoms with Crippen LogP contribution in [0.25, 0.3) is 11.2 Å². The lowest BCUT2D eigenvalue weighted by Gasteiger charge is -2.08.